The van der Waals surface area contributed by atoms with Crippen molar-refractivity contribution in [2.75, 3.05) is 25.5 Å². The Morgan fingerprint density at radius 3 is 2.57 bits per heavy atom. The number of anilines is 1. The molecule has 1 amide bonds. The second kappa shape index (κ2) is 8.25. The topological polar surface area (TPSA) is 72.3 Å². The van der Waals surface area contributed by atoms with Crippen LogP contribution in [0.1, 0.15) is 41.2 Å². The number of hydrogen-bond donors (Lipinski definition) is 1. The van der Waals surface area contributed by atoms with Crippen LogP contribution < -0.4 is 5.32 Å². The number of benzene rings is 1. The summed E-state index contributed by atoms with van der Waals surface area (Å²) in [6.45, 7) is 1.52. The van der Waals surface area contributed by atoms with E-state index in [1.807, 2.05) is 12.1 Å². The third kappa shape index (κ3) is 4.14. The lowest BCUT2D eigenvalue weighted by Crippen LogP contribution is -2.47. The van der Waals surface area contributed by atoms with Crippen molar-refractivity contribution < 1.29 is 22.7 Å². The van der Waals surface area contributed by atoms with Gasteiger partial charge in [-0.1, -0.05) is 12.1 Å². The molecule has 162 valence electrons. The van der Waals surface area contributed by atoms with Crippen LogP contribution in [0, 0.1) is 5.92 Å². The lowest BCUT2D eigenvalue weighted by Gasteiger charge is -2.40. The number of alkyl halides is 3. The summed E-state index contributed by atoms with van der Waals surface area (Å²) in [6.07, 6.45) is -2.04. The summed E-state index contributed by atoms with van der Waals surface area (Å²) in [5.41, 5.74) is 1.59. The molecule has 2 aliphatic rings. The number of fused-ring (bicyclic) bond motifs is 1. The lowest BCUT2D eigenvalue weighted by atomic mass is 9.85. The van der Waals surface area contributed by atoms with Crippen LogP contribution >= 0.6 is 0 Å². The quantitative estimate of drug-likeness (QED) is 0.817. The molecule has 0 unspecified atom stereocenters. The Morgan fingerprint density at radius 1 is 1.23 bits per heavy atom. The van der Waals surface area contributed by atoms with E-state index in [4.69, 9.17) is 4.74 Å². The monoisotopic (exact) mass is 423 g/mol. The highest BCUT2D eigenvalue weighted by atomic mass is 19.4. The van der Waals surface area contributed by atoms with Gasteiger partial charge in [-0.2, -0.15) is 23.3 Å². The number of nitrogens with zero attached hydrogens (tertiary/aromatic N) is 4. The maximum Gasteiger partial charge on any atom is 0.411 e. The maximum atomic E-state index is 13.5. The fourth-order valence-corrected chi connectivity index (χ4v) is 4.33. The van der Waals surface area contributed by atoms with Gasteiger partial charge in [-0.25, -0.2) is 4.68 Å². The molecule has 4 rings (SSSR count). The van der Waals surface area contributed by atoms with Crippen LogP contribution in [0.3, 0.4) is 0 Å². The van der Waals surface area contributed by atoms with Crippen molar-refractivity contribution in [3.05, 3.63) is 41.7 Å². The number of halogens is 3. The molecule has 2 aliphatic heterocycles. The number of hydrogen-bond acceptors (Lipinski definition) is 5. The van der Waals surface area contributed by atoms with Crippen LogP contribution in [0.15, 0.2) is 30.6 Å². The second-order valence-corrected chi connectivity index (χ2v) is 7.83. The highest BCUT2D eigenvalue weighted by Crippen LogP contribution is 2.41. The van der Waals surface area contributed by atoms with Crippen LogP contribution in [0.25, 0.3) is 0 Å². The molecule has 0 saturated carbocycles. The van der Waals surface area contributed by atoms with E-state index in [1.165, 1.54) is 0 Å². The van der Waals surface area contributed by atoms with E-state index in [0.29, 0.717) is 38.1 Å². The SMILES string of the molecule is COCc1ccc(C(=O)N2CCC([C@@H]3C[C@H](C(F)(F)F)n4ncnc4N3)CC2)cc1. The minimum absolute atomic E-state index is 0.0356. The molecule has 2 aromatic rings. The zero-order valence-electron chi connectivity index (χ0n) is 16.6. The van der Waals surface area contributed by atoms with Gasteiger partial charge in [-0.3, -0.25) is 4.79 Å². The summed E-state index contributed by atoms with van der Waals surface area (Å²) >= 11 is 0. The molecule has 0 aliphatic carbocycles. The first-order chi connectivity index (χ1) is 14.4. The molecule has 0 radical (unpaired) electrons. The Balaban J connectivity index is 1.38. The summed E-state index contributed by atoms with van der Waals surface area (Å²) in [4.78, 5) is 18.5. The Hall–Kier alpha value is -2.62. The molecule has 1 aromatic carbocycles. The number of rotatable bonds is 4. The maximum absolute atomic E-state index is 13.5. The number of methoxy groups -OCH3 is 1. The molecule has 0 spiro atoms. The van der Waals surface area contributed by atoms with Crippen molar-refractivity contribution in [3.8, 4) is 0 Å². The summed E-state index contributed by atoms with van der Waals surface area (Å²) < 4.78 is 46.5. The molecule has 1 aromatic heterocycles. The Bertz CT molecular complexity index is 875. The van der Waals surface area contributed by atoms with Crippen molar-refractivity contribution >= 4 is 11.9 Å². The largest absolute Gasteiger partial charge is 0.411 e. The van der Waals surface area contributed by atoms with E-state index >= 15 is 0 Å². The van der Waals surface area contributed by atoms with Gasteiger partial charge < -0.3 is 15.0 Å². The van der Waals surface area contributed by atoms with Gasteiger partial charge in [0.2, 0.25) is 5.95 Å². The molecule has 30 heavy (non-hydrogen) atoms. The summed E-state index contributed by atoms with van der Waals surface area (Å²) in [5, 5.41) is 6.85. The van der Waals surface area contributed by atoms with Gasteiger partial charge in [0.15, 0.2) is 6.04 Å². The van der Waals surface area contributed by atoms with Crippen LogP contribution in [0.4, 0.5) is 19.1 Å². The van der Waals surface area contributed by atoms with Gasteiger partial charge in [0.1, 0.15) is 6.33 Å². The summed E-state index contributed by atoms with van der Waals surface area (Å²) in [7, 11) is 1.62. The van der Waals surface area contributed by atoms with E-state index in [-0.39, 0.29) is 30.2 Å². The average molecular weight is 423 g/mol. The number of nitrogens with one attached hydrogen (secondary N) is 1. The normalized spacial score (nSPS) is 22.5. The van der Waals surface area contributed by atoms with Crippen molar-refractivity contribution in [1.29, 1.82) is 0 Å². The Morgan fingerprint density at radius 2 is 1.93 bits per heavy atom. The number of piperidine rings is 1. The van der Waals surface area contributed by atoms with E-state index in [1.54, 1.807) is 24.1 Å². The van der Waals surface area contributed by atoms with E-state index in [9.17, 15) is 18.0 Å². The van der Waals surface area contributed by atoms with E-state index in [2.05, 4.69) is 15.4 Å². The van der Waals surface area contributed by atoms with Crippen molar-refractivity contribution in [1.82, 2.24) is 19.7 Å². The molecule has 2 atom stereocenters. The molecular weight excluding hydrogens is 399 g/mol. The highest BCUT2D eigenvalue weighted by molar-refractivity contribution is 5.94. The molecule has 10 heteroatoms. The second-order valence-electron chi connectivity index (χ2n) is 7.83. The van der Waals surface area contributed by atoms with E-state index in [0.717, 1.165) is 16.6 Å². The molecule has 1 saturated heterocycles. The van der Waals surface area contributed by atoms with Crippen molar-refractivity contribution in [3.63, 3.8) is 0 Å². The molecule has 1 fully saturated rings. The number of likely N-dealkylation sites (tertiary alicyclic amines) is 1. The minimum atomic E-state index is -4.38. The Kier molecular flexibility index (Phi) is 5.68. The van der Waals surface area contributed by atoms with Gasteiger partial charge in [0, 0.05) is 31.8 Å². The summed E-state index contributed by atoms with van der Waals surface area (Å²) in [5.74, 6) is 0.138. The van der Waals surface area contributed by atoms with Crippen LogP contribution in [0.2, 0.25) is 0 Å². The number of carbonyl (C=O) groups excluding carboxylic acids is 1. The van der Waals surface area contributed by atoms with Crippen molar-refractivity contribution in [2.45, 2.75) is 44.1 Å². The van der Waals surface area contributed by atoms with Gasteiger partial charge in [0.05, 0.1) is 6.61 Å². The summed E-state index contributed by atoms with van der Waals surface area (Å²) in [6, 6.07) is 5.27. The molecule has 3 heterocycles. The third-order valence-electron chi connectivity index (χ3n) is 5.95. The minimum Gasteiger partial charge on any atom is -0.380 e. The molecule has 7 nitrogen and oxygen atoms in total. The molecule has 1 N–H and O–H groups in total. The molecule has 0 bridgehead atoms. The zero-order chi connectivity index (χ0) is 21.3. The van der Waals surface area contributed by atoms with Gasteiger partial charge >= 0.3 is 6.18 Å². The average Bonchev–Trinajstić information content (AvgIpc) is 3.21. The zero-order valence-corrected chi connectivity index (χ0v) is 16.6. The number of amides is 1. The number of carbonyl (C=O) groups is 1. The first-order valence-electron chi connectivity index (χ1n) is 9.96. The fourth-order valence-electron chi connectivity index (χ4n) is 4.33. The Labute approximate surface area is 172 Å². The van der Waals surface area contributed by atoms with Crippen LogP contribution in [-0.2, 0) is 11.3 Å². The first kappa shape index (κ1) is 20.6. The predicted octanol–water partition coefficient (Wildman–Crippen LogP) is 3.26. The fraction of sp³-hybridized carbons (Fsp3) is 0.550. The predicted molar refractivity (Wildman–Crippen MR) is 103 cm³/mol. The van der Waals surface area contributed by atoms with Crippen LogP contribution in [-0.4, -0.2) is 58.0 Å². The molecular formula is C20H24F3N5O2. The first-order valence-corrected chi connectivity index (χ1v) is 9.96. The van der Waals surface area contributed by atoms with Gasteiger partial charge in [-0.05, 0) is 42.9 Å². The van der Waals surface area contributed by atoms with Crippen LogP contribution in [0.5, 0.6) is 0 Å². The van der Waals surface area contributed by atoms with Gasteiger partial charge in [0.25, 0.3) is 5.91 Å². The van der Waals surface area contributed by atoms with Crippen molar-refractivity contribution in [2.24, 2.45) is 5.92 Å². The highest BCUT2D eigenvalue weighted by Gasteiger charge is 2.48. The standard InChI is InChI=1S/C20H24F3N5O2/c1-30-11-13-2-4-15(5-3-13)18(29)27-8-6-14(7-9-27)16-10-17(20(21,22)23)28-19(26-16)24-12-25-28/h2-5,12,14,16-17H,6-11H2,1H3,(H,24,25,26)/t16-,17+/m0/s1. The van der Waals surface area contributed by atoms with E-state index < -0.39 is 12.2 Å². The number of aromatic nitrogens is 3. The lowest BCUT2D eigenvalue weighted by molar-refractivity contribution is -0.174. The van der Waals surface area contributed by atoms with Gasteiger partial charge in [-0.15, -0.1) is 0 Å². The number of ether oxygens (including phenoxy) is 1. The smallest absolute Gasteiger partial charge is 0.380 e. The third-order valence-corrected chi connectivity index (χ3v) is 5.95.